The summed E-state index contributed by atoms with van der Waals surface area (Å²) < 4.78 is 6.59. The highest BCUT2D eigenvalue weighted by molar-refractivity contribution is 6.74. The van der Waals surface area contributed by atoms with Crippen LogP contribution in [-0.4, -0.2) is 20.7 Å². The molecular weight excluding hydrogens is 312 g/mol. The molecule has 0 spiro atoms. The molecule has 4 atom stereocenters. The summed E-state index contributed by atoms with van der Waals surface area (Å²) in [6, 6.07) is 0. The molecule has 0 saturated heterocycles. The molecule has 0 amide bonds. The first kappa shape index (κ1) is 21.6. The molecule has 1 aliphatic rings. The zero-order chi connectivity index (χ0) is 18.7. The smallest absolute Gasteiger partial charge is 0.191 e. The second-order valence-electron chi connectivity index (χ2n) is 9.73. The SMILES string of the molecule is C=CC[C@@H]1CC(=O)C(C)C[C@H]1[C@@H](CO[Si](C)(C)C(C)(C)C)C(C)C. The van der Waals surface area contributed by atoms with Gasteiger partial charge in [-0.25, -0.2) is 0 Å². The van der Waals surface area contributed by atoms with Gasteiger partial charge in [-0.05, 0) is 54.6 Å². The Kier molecular flexibility index (Phi) is 7.49. The quantitative estimate of drug-likeness (QED) is 0.409. The van der Waals surface area contributed by atoms with Gasteiger partial charge in [0.2, 0.25) is 0 Å². The van der Waals surface area contributed by atoms with E-state index in [1.165, 1.54) is 0 Å². The minimum Gasteiger partial charge on any atom is -0.417 e. The molecule has 0 aromatic carbocycles. The van der Waals surface area contributed by atoms with Crippen molar-refractivity contribution in [3.05, 3.63) is 12.7 Å². The number of hydrogen-bond donors (Lipinski definition) is 0. The van der Waals surface area contributed by atoms with Crippen LogP contribution in [0, 0.1) is 29.6 Å². The molecule has 1 fully saturated rings. The van der Waals surface area contributed by atoms with Gasteiger partial charge in [0.25, 0.3) is 0 Å². The van der Waals surface area contributed by atoms with Gasteiger partial charge in [-0.3, -0.25) is 4.79 Å². The van der Waals surface area contributed by atoms with Crippen LogP contribution in [0.1, 0.15) is 60.8 Å². The Balaban J connectivity index is 2.92. The topological polar surface area (TPSA) is 26.3 Å². The van der Waals surface area contributed by atoms with E-state index in [0.717, 1.165) is 25.9 Å². The van der Waals surface area contributed by atoms with E-state index in [9.17, 15) is 4.79 Å². The molecular formula is C21H40O2Si. The summed E-state index contributed by atoms with van der Waals surface area (Å²) in [6.07, 6.45) is 4.68. The normalized spacial score (nSPS) is 27.4. The van der Waals surface area contributed by atoms with Gasteiger partial charge in [0.15, 0.2) is 8.32 Å². The molecule has 0 aromatic heterocycles. The lowest BCUT2D eigenvalue weighted by atomic mass is 9.65. The third-order valence-corrected chi connectivity index (χ3v) is 11.1. The molecule has 1 aliphatic carbocycles. The lowest BCUT2D eigenvalue weighted by Crippen LogP contribution is -2.45. The minimum atomic E-state index is -1.74. The van der Waals surface area contributed by atoms with Gasteiger partial charge in [-0.2, -0.15) is 0 Å². The van der Waals surface area contributed by atoms with Crippen molar-refractivity contribution in [2.24, 2.45) is 29.6 Å². The van der Waals surface area contributed by atoms with Gasteiger partial charge in [-0.1, -0.05) is 47.6 Å². The zero-order valence-electron chi connectivity index (χ0n) is 17.3. The van der Waals surface area contributed by atoms with E-state index in [4.69, 9.17) is 4.43 Å². The summed E-state index contributed by atoms with van der Waals surface area (Å²) in [5.41, 5.74) is 0. The van der Waals surface area contributed by atoms with Crippen LogP contribution in [0.2, 0.25) is 18.1 Å². The predicted molar refractivity (Wildman–Crippen MR) is 107 cm³/mol. The Hall–Kier alpha value is -0.413. The Morgan fingerprint density at radius 1 is 1.33 bits per heavy atom. The van der Waals surface area contributed by atoms with Gasteiger partial charge in [-0.15, -0.1) is 6.58 Å². The molecule has 2 nitrogen and oxygen atoms in total. The fraction of sp³-hybridized carbons (Fsp3) is 0.857. The first-order chi connectivity index (χ1) is 10.9. The Morgan fingerprint density at radius 2 is 1.92 bits per heavy atom. The largest absolute Gasteiger partial charge is 0.417 e. The van der Waals surface area contributed by atoms with Crippen LogP contribution in [0.15, 0.2) is 12.7 Å². The monoisotopic (exact) mass is 352 g/mol. The van der Waals surface area contributed by atoms with E-state index < -0.39 is 8.32 Å². The number of Topliss-reactive ketones (excluding diaryl/α,β-unsaturated/α-hetero) is 1. The van der Waals surface area contributed by atoms with Crippen molar-refractivity contribution in [3.63, 3.8) is 0 Å². The maximum Gasteiger partial charge on any atom is 0.191 e. The summed E-state index contributed by atoms with van der Waals surface area (Å²) in [7, 11) is -1.74. The third kappa shape index (κ3) is 5.29. The lowest BCUT2D eigenvalue weighted by Gasteiger charge is -2.43. The first-order valence-corrected chi connectivity index (χ1v) is 12.6. The van der Waals surface area contributed by atoms with Gasteiger partial charge < -0.3 is 4.43 Å². The second-order valence-corrected chi connectivity index (χ2v) is 14.5. The number of allylic oxidation sites excluding steroid dienone is 1. The molecule has 0 radical (unpaired) electrons. The maximum atomic E-state index is 12.2. The molecule has 24 heavy (non-hydrogen) atoms. The number of hydrogen-bond acceptors (Lipinski definition) is 2. The standard InChI is InChI=1S/C21H40O2Si/c1-10-11-17-13-20(22)16(4)12-18(17)19(15(2)3)14-23-24(8,9)21(5,6)7/h10,15-19H,1,11-14H2,2-9H3/t16?,17-,18-,19+/m1/s1. The molecule has 140 valence electrons. The van der Waals surface area contributed by atoms with Crippen LogP contribution in [0.3, 0.4) is 0 Å². The average Bonchev–Trinajstić information content (AvgIpc) is 2.42. The van der Waals surface area contributed by atoms with Crippen molar-refractivity contribution < 1.29 is 9.22 Å². The van der Waals surface area contributed by atoms with Crippen molar-refractivity contribution in [2.75, 3.05) is 6.61 Å². The molecule has 3 heteroatoms. The highest BCUT2D eigenvalue weighted by Gasteiger charge is 2.41. The van der Waals surface area contributed by atoms with Gasteiger partial charge in [0.05, 0.1) is 0 Å². The molecule has 0 heterocycles. The van der Waals surface area contributed by atoms with Crippen molar-refractivity contribution in [3.8, 4) is 0 Å². The van der Waals surface area contributed by atoms with Crippen molar-refractivity contribution in [2.45, 2.75) is 78.9 Å². The molecule has 0 N–H and O–H groups in total. The van der Waals surface area contributed by atoms with E-state index in [2.05, 4.69) is 61.2 Å². The fourth-order valence-corrected chi connectivity index (χ4v) is 4.71. The van der Waals surface area contributed by atoms with E-state index in [1.807, 2.05) is 6.08 Å². The van der Waals surface area contributed by atoms with Crippen LogP contribution in [0.25, 0.3) is 0 Å². The van der Waals surface area contributed by atoms with Gasteiger partial charge in [0, 0.05) is 18.9 Å². The predicted octanol–water partition coefficient (Wildman–Crippen LogP) is 6.09. The van der Waals surface area contributed by atoms with E-state index >= 15 is 0 Å². The van der Waals surface area contributed by atoms with Crippen molar-refractivity contribution in [1.29, 1.82) is 0 Å². The minimum absolute atomic E-state index is 0.199. The summed E-state index contributed by atoms with van der Waals surface area (Å²) >= 11 is 0. The van der Waals surface area contributed by atoms with E-state index in [1.54, 1.807) is 0 Å². The van der Waals surface area contributed by atoms with Crippen LogP contribution in [0.5, 0.6) is 0 Å². The maximum absolute atomic E-state index is 12.2. The number of rotatable bonds is 7. The molecule has 1 saturated carbocycles. The lowest BCUT2D eigenvalue weighted by molar-refractivity contribution is -0.128. The average molecular weight is 353 g/mol. The van der Waals surface area contributed by atoms with Gasteiger partial charge >= 0.3 is 0 Å². The summed E-state index contributed by atoms with van der Waals surface area (Å²) in [5, 5.41) is 0.241. The van der Waals surface area contributed by atoms with Crippen LogP contribution in [0.4, 0.5) is 0 Å². The second kappa shape index (κ2) is 8.31. The highest BCUT2D eigenvalue weighted by Crippen LogP contribution is 2.43. The Morgan fingerprint density at radius 3 is 2.38 bits per heavy atom. The first-order valence-electron chi connectivity index (χ1n) is 9.68. The molecule has 0 aromatic rings. The molecule has 0 bridgehead atoms. The van der Waals surface area contributed by atoms with E-state index in [-0.39, 0.29) is 11.0 Å². The Labute approximate surface area is 151 Å². The van der Waals surface area contributed by atoms with Crippen LogP contribution in [-0.2, 0) is 9.22 Å². The number of carbonyl (C=O) groups is 1. The third-order valence-electron chi connectivity index (χ3n) is 6.56. The molecule has 1 rings (SSSR count). The summed E-state index contributed by atoms with van der Waals surface area (Å²) in [6.45, 7) is 23.0. The Bertz CT molecular complexity index is 434. The zero-order valence-corrected chi connectivity index (χ0v) is 18.3. The fourth-order valence-electron chi connectivity index (χ4n) is 3.67. The van der Waals surface area contributed by atoms with Gasteiger partial charge in [0.1, 0.15) is 5.78 Å². The van der Waals surface area contributed by atoms with Crippen LogP contribution >= 0.6 is 0 Å². The highest BCUT2D eigenvalue weighted by atomic mass is 28.4. The summed E-state index contributed by atoms with van der Waals surface area (Å²) in [5.74, 6) is 2.75. The number of carbonyl (C=O) groups excluding carboxylic acids is 1. The molecule has 1 unspecified atom stereocenters. The van der Waals surface area contributed by atoms with Crippen LogP contribution < -0.4 is 0 Å². The molecule has 0 aliphatic heterocycles. The van der Waals surface area contributed by atoms with Crippen molar-refractivity contribution >= 4 is 14.1 Å². The number of ketones is 1. The van der Waals surface area contributed by atoms with E-state index in [0.29, 0.717) is 29.5 Å². The summed E-state index contributed by atoms with van der Waals surface area (Å²) in [4.78, 5) is 12.2. The van der Waals surface area contributed by atoms with Crippen molar-refractivity contribution in [1.82, 2.24) is 0 Å².